The molecule has 0 unspecified atom stereocenters. The van der Waals surface area contributed by atoms with Crippen molar-refractivity contribution in [3.05, 3.63) is 39.8 Å². The fourth-order valence-corrected chi connectivity index (χ4v) is 3.48. The van der Waals surface area contributed by atoms with Gasteiger partial charge in [0.15, 0.2) is 17.1 Å². The highest BCUT2D eigenvalue weighted by Gasteiger charge is 2.19. The van der Waals surface area contributed by atoms with Gasteiger partial charge in [-0.05, 0) is 38.6 Å². The maximum Gasteiger partial charge on any atom is 0.349 e. The Morgan fingerprint density at radius 1 is 0.935 bits per heavy atom. The summed E-state index contributed by atoms with van der Waals surface area (Å²) >= 11 is 0. The van der Waals surface area contributed by atoms with Gasteiger partial charge in [0.2, 0.25) is 5.82 Å². The number of unbranched alkanes of at least 4 members (excludes halogenated alkanes) is 9. The van der Waals surface area contributed by atoms with E-state index in [0.29, 0.717) is 6.54 Å². The van der Waals surface area contributed by atoms with E-state index < -0.39 is 34.5 Å². The van der Waals surface area contributed by atoms with E-state index in [1.807, 2.05) is 7.05 Å². The lowest BCUT2D eigenvalue weighted by atomic mass is 10.1. The number of hydrogen-bond donors (Lipinski definition) is 3. The Morgan fingerprint density at radius 2 is 1.48 bits per heavy atom. The van der Waals surface area contributed by atoms with Crippen LogP contribution in [-0.4, -0.2) is 31.2 Å². The first-order valence-electron chi connectivity index (χ1n) is 11.0. The minimum absolute atomic E-state index is 0.111. The van der Waals surface area contributed by atoms with E-state index in [0.717, 1.165) is 37.9 Å². The van der Waals surface area contributed by atoms with Gasteiger partial charge >= 0.3 is 5.63 Å². The lowest BCUT2D eigenvalue weighted by Gasteiger charge is -2.07. The van der Waals surface area contributed by atoms with Crippen LogP contribution in [0.2, 0.25) is 0 Å². The molecule has 0 saturated carbocycles. The summed E-state index contributed by atoms with van der Waals surface area (Å²) in [6.07, 6.45) is 11.6. The Labute approximate surface area is 181 Å². The highest BCUT2D eigenvalue weighted by atomic mass is 19.1. The second-order valence-electron chi connectivity index (χ2n) is 7.78. The van der Waals surface area contributed by atoms with Crippen LogP contribution in [0.15, 0.2) is 21.3 Å². The molecule has 1 amide bonds. The van der Waals surface area contributed by atoms with E-state index in [4.69, 9.17) is 4.42 Å². The van der Waals surface area contributed by atoms with Gasteiger partial charge in [0.05, 0.1) is 0 Å². The van der Waals surface area contributed by atoms with E-state index in [1.165, 1.54) is 44.9 Å². The monoisotopic (exact) mass is 438 g/mol. The lowest BCUT2D eigenvalue weighted by molar-refractivity contribution is 0.0949. The van der Waals surface area contributed by atoms with Crippen molar-refractivity contribution in [2.45, 2.75) is 64.2 Å². The van der Waals surface area contributed by atoms with Crippen LogP contribution in [0.25, 0.3) is 11.0 Å². The maximum absolute atomic E-state index is 13.8. The predicted octanol–water partition coefficient (Wildman–Crippen LogP) is 4.63. The molecule has 6 nitrogen and oxygen atoms in total. The molecule has 0 aliphatic carbocycles. The number of carbonyl (C=O) groups excluding carboxylic acids is 1. The zero-order valence-electron chi connectivity index (χ0n) is 18.1. The second-order valence-corrected chi connectivity index (χ2v) is 7.78. The molecule has 2 aromatic rings. The first kappa shape index (κ1) is 24.8. The molecular weight excluding hydrogens is 406 g/mol. The molecule has 0 bridgehead atoms. The van der Waals surface area contributed by atoms with Crippen molar-refractivity contribution >= 4 is 16.9 Å². The Balaban J connectivity index is 1.67. The zero-order chi connectivity index (χ0) is 22.6. The summed E-state index contributed by atoms with van der Waals surface area (Å²) in [6, 6.07) is 1.89. The summed E-state index contributed by atoms with van der Waals surface area (Å²) in [6.45, 7) is 1.49. The number of fused-ring (bicyclic) bond motifs is 1. The molecule has 0 aliphatic heterocycles. The smallest absolute Gasteiger partial charge is 0.349 e. The van der Waals surface area contributed by atoms with Gasteiger partial charge in [0, 0.05) is 11.9 Å². The second kappa shape index (κ2) is 13.0. The Bertz CT molecular complexity index is 915. The van der Waals surface area contributed by atoms with E-state index in [9.17, 15) is 23.5 Å². The lowest BCUT2D eigenvalue weighted by Crippen LogP contribution is -2.29. The van der Waals surface area contributed by atoms with Gasteiger partial charge in [-0.2, -0.15) is 4.39 Å². The molecule has 8 heteroatoms. The molecule has 1 heterocycles. The Hall–Kier alpha value is -2.48. The molecular formula is C23H32F2N2O4. The van der Waals surface area contributed by atoms with Crippen molar-refractivity contribution in [3.63, 3.8) is 0 Å². The van der Waals surface area contributed by atoms with Crippen LogP contribution in [0.1, 0.15) is 74.6 Å². The number of phenolic OH excluding ortho intramolecular Hbond substituents is 1. The van der Waals surface area contributed by atoms with Crippen molar-refractivity contribution in [2.24, 2.45) is 0 Å². The molecule has 1 aromatic carbocycles. The fourth-order valence-electron chi connectivity index (χ4n) is 3.48. The minimum Gasteiger partial charge on any atom is -0.503 e. The fraction of sp³-hybridized carbons (Fsp3) is 0.565. The summed E-state index contributed by atoms with van der Waals surface area (Å²) in [5.41, 5.74) is -1.95. The first-order chi connectivity index (χ1) is 15.0. The highest BCUT2D eigenvalue weighted by Crippen LogP contribution is 2.28. The van der Waals surface area contributed by atoms with Gasteiger partial charge in [0.1, 0.15) is 5.56 Å². The maximum atomic E-state index is 13.8. The summed E-state index contributed by atoms with van der Waals surface area (Å²) in [7, 11) is 1.98. The van der Waals surface area contributed by atoms with Gasteiger partial charge in [-0.15, -0.1) is 0 Å². The van der Waals surface area contributed by atoms with Crippen molar-refractivity contribution in [2.75, 3.05) is 20.1 Å². The van der Waals surface area contributed by atoms with Crippen molar-refractivity contribution < 1.29 is 23.1 Å². The van der Waals surface area contributed by atoms with Crippen LogP contribution in [0.3, 0.4) is 0 Å². The molecule has 0 saturated heterocycles. The normalized spacial score (nSPS) is 11.2. The number of rotatable bonds is 14. The van der Waals surface area contributed by atoms with Crippen molar-refractivity contribution in [1.29, 1.82) is 0 Å². The van der Waals surface area contributed by atoms with Crippen molar-refractivity contribution in [3.8, 4) is 5.75 Å². The van der Waals surface area contributed by atoms with E-state index in [-0.39, 0.29) is 10.9 Å². The highest BCUT2D eigenvalue weighted by molar-refractivity contribution is 5.96. The standard InChI is InChI=1S/C23H32F2N2O4/c1-26-12-10-8-6-4-2-3-5-7-9-11-13-27-22(29)17-14-16-15-18(24)20(28)19(25)21(16)31-23(17)30/h14-15,26,28H,2-13H2,1H3,(H,27,29). The summed E-state index contributed by atoms with van der Waals surface area (Å²) < 4.78 is 32.1. The molecule has 3 N–H and O–H groups in total. The topological polar surface area (TPSA) is 91.6 Å². The third kappa shape index (κ3) is 7.61. The number of phenols is 1. The number of halogens is 2. The zero-order valence-corrected chi connectivity index (χ0v) is 18.1. The van der Waals surface area contributed by atoms with Crippen LogP contribution >= 0.6 is 0 Å². The van der Waals surface area contributed by atoms with Crippen LogP contribution in [0.4, 0.5) is 8.78 Å². The molecule has 2 rings (SSSR count). The van der Waals surface area contributed by atoms with Crippen LogP contribution in [0, 0.1) is 11.6 Å². The molecule has 0 atom stereocenters. The number of hydrogen-bond acceptors (Lipinski definition) is 5. The minimum atomic E-state index is -1.37. The quantitative estimate of drug-likeness (QED) is 0.296. The number of nitrogens with one attached hydrogen (secondary N) is 2. The first-order valence-corrected chi connectivity index (χ1v) is 11.0. The Morgan fingerprint density at radius 3 is 2.06 bits per heavy atom. The SMILES string of the molecule is CNCCCCCCCCCCCCNC(=O)c1cc2cc(F)c(O)c(F)c2oc1=O. The van der Waals surface area contributed by atoms with Gasteiger partial charge in [-0.1, -0.05) is 51.4 Å². The third-order valence-electron chi connectivity index (χ3n) is 5.28. The number of amides is 1. The van der Waals surface area contributed by atoms with Gasteiger partial charge in [0.25, 0.3) is 5.91 Å². The molecule has 0 radical (unpaired) electrons. The summed E-state index contributed by atoms with van der Waals surface area (Å²) in [5.74, 6) is -4.44. The van der Waals surface area contributed by atoms with Gasteiger partial charge in [-0.25, -0.2) is 9.18 Å². The van der Waals surface area contributed by atoms with Crippen LogP contribution in [0.5, 0.6) is 5.75 Å². The summed E-state index contributed by atoms with van der Waals surface area (Å²) in [4.78, 5) is 24.2. The number of aromatic hydroxyl groups is 1. The van der Waals surface area contributed by atoms with Crippen molar-refractivity contribution in [1.82, 2.24) is 10.6 Å². The molecule has 172 valence electrons. The Kier molecular flexibility index (Phi) is 10.4. The average Bonchev–Trinajstić information content (AvgIpc) is 2.75. The van der Waals surface area contributed by atoms with E-state index in [1.54, 1.807) is 0 Å². The van der Waals surface area contributed by atoms with E-state index in [2.05, 4.69) is 10.6 Å². The molecule has 31 heavy (non-hydrogen) atoms. The predicted molar refractivity (Wildman–Crippen MR) is 116 cm³/mol. The van der Waals surface area contributed by atoms with Gasteiger partial charge in [-0.3, -0.25) is 4.79 Å². The van der Waals surface area contributed by atoms with Gasteiger partial charge < -0.3 is 20.2 Å². The molecule has 0 spiro atoms. The van der Waals surface area contributed by atoms with E-state index >= 15 is 0 Å². The summed E-state index contributed by atoms with van der Waals surface area (Å²) in [5, 5.41) is 14.9. The largest absolute Gasteiger partial charge is 0.503 e. The molecule has 0 fully saturated rings. The average molecular weight is 439 g/mol. The molecule has 0 aliphatic rings. The third-order valence-corrected chi connectivity index (χ3v) is 5.28. The molecule has 1 aromatic heterocycles. The van der Waals surface area contributed by atoms with Crippen LogP contribution in [-0.2, 0) is 0 Å². The van der Waals surface area contributed by atoms with Crippen LogP contribution < -0.4 is 16.3 Å². The number of carbonyl (C=O) groups is 1. The number of benzene rings is 1.